The van der Waals surface area contributed by atoms with Gasteiger partial charge in [0.25, 0.3) is 0 Å². The van der Waals surface area contributed by atoms with E-state index in [1.807, 2.05) is 6.07 Å². The van der Waals surface area contributed by atoms with Crippen LogP contribution in [0.15, 0.2) is 30.3 Å². The lowest BCUT2D eigenvalue weighted by Gasteiger charge is -2.11. The molecule has 82 valence electrons. The summed E-state index contributed by atoms with van der Waals surface area (Å²) in [4.78, 5) is 10.7. The summed E-state index contributed by atoms with van der Waals surface area (Å²) >= 11 is 0. The Morgan fingerprint density at radius 1 is 1.33 bits per heavy atom. The molecule has 0 saturated heterocycles. The molecule has 1 fully saturated rings. The summed E-state index contributed by atoms with van der Waals surface area (Å²) in [6, 6.07) is 10.3. The topological polar surface area (TPSA) is 55.1 Å². The van der Waals surface area contributed by atoms with Crippen LogP contribution in [0.1, 0.15) is 32.2 Å². The van der Waals surface area contributed by atoms with Crippen molar-refractivity contribution in [3.8, 4) is 0 Å². The molecule has 0 bridgehead atoms. The number of benzene rings is 1. The third-order valence-corrected chi connectivity index (χ3v) is 3.05. The molecule has 2 atom stereocenters. The molecule has 0 aliphatic heterocycles. The van der Waals surface area contributed by atoms with Gasteiger partial charge in [0.2, 0.25) is 0 Å². The number of nitrogens with two attached hydrogens (primary N) is 1. The highest BCUT2D eigenvalue weighted by atomic mass is 16.2. The largest absolute Gasteiger partial charge is 0.352 e. The summed E-state index contributed by atoms with van der Waals surface area (Å²) < 4.78 is 0. The quantitative estimate of drug-likeness (QED) is 0.766. The van der Waals surface area contributed by atoms with Crippen molar-refractivity contribution in [2.45, 2.75) is 31.2 Å². The van der Waals surface area contributed by atoms with E-state index in [9.17, 15) is 4.79 Å². The number of carbonyl (C=O) groups is 1. The van der Waals surface area contributed by atoms with Gasteiger partial charge in [0, 0.05) is 7.47 Å². The molecule has 0 radical (unpaired) electrons. The predicted octanol–water partition coefficient (Wildman–Crippen LogP) is 2.24. The molecule has 1 saturated carbocycles. The van der Waals surface area contributed by atoms with E-state index in [2.05, 4.69) is 29.6 Å². The maximum atomic E-state index is 10.7. The molecule has 0 aromatic heterocycles. The van der Waals surface area contributed by atoms with E-state index in [0.29, 0.717) is 5.92 Å². The van der Waals surface area contributed by atoms with Crippen molar-refractivity contribution in [1.29, 1.82) is 0 Å². The van der Waals surface area contributed by atoms with Crippen LogP contribution in [-0.2, 0) is 0 Å². The molecule has 0 unspecified atom stereocenters. The lowest BCUT2D eigenvalue weighted by molar-refractivity contribution is 0.245. The maximum Gasteiger partial charge on any atom is 0.312 e. The second kappa shape index (κ2) is 4.34. The average molecular weight is 206 g/mol. The Morgan fingerprint density at radius 3 is 2.73 bits per heavy atom. The molecular formula is C12H18N2O. The average Bonchev–Trinajstić information content (AvgIpc) is 2.67. The highest BCUT2D eigenvalue weighted by Crippen LogP contribution is 2.34. The summed E-state index contributed by atoms with van der Waals surface area (Å²) in [6.45, 7) is 0. The van der Waals surface area contributed by atoms with Crippen LogP contribution in [0, 0.1) is 0 Å². The van der Waals surface area contributed by atoms with Crippen molar-refractivity contribution >= 4 is 6.03 Å². The van der Waals surface area contributed by atoms with E-state index in [4.69, 9.17) is 5.73 Å². The molecule has 2 amide bonds. The first-order valence-corrected chi connectivity index (χ1v) is 5.36. The minimum absolute atomic E-state index is 0. The Kier molecular flexibility index (Phi) is 2.90. The van der Waals surface area contributed by atoms with E-state index in [-0.39, 0.29) is 7.47 Å². The highest BCUT2D eigenvalue weighted by Gasteiger charge is 2.26. The lowest BCUT2D eigenvalue weighted by atomic mass is 9.98. The molecular weight excluding hydrogens is 188 g/mol. The Morgan fingerprint density at radius 2 is 2.07 bits per heavy atom. The van der Waals surface area contributed by atoms with Crippen LogP contribution in [0.5, 0.6) is 0 Å². The van der Waals surface area contributed by atoms with Gasteiger partial charge in [-0.2, -0.15) is 0 Å². The van der Waals surface area contributed by atoms with Crippen LogP contribution in [0.25, 0.3) is 0 Å². The first-order valence-electron chi connectivity index (χ1n) is 5.36. The van der Waals surface area contributed by atoms with Crippen molar-refractivity contribution in [1.82, 2.24) is 5.32 Å². The normalized spacial score (nSPS) is 25.1. The number of urea groups is 1. The first kappa shape index (κ1) is 10.0. The van der Waals surface area contributed by atoms with Gasteiger partial charge in [-0.1, -0.05) is 30.3 Å². The number of hydrogen-bond donors (Lipinski definition) is 2. The van der Waals surface area contributed by atoms with Gasteiger partial charge in [0.15, 0.2) is 0 Å². The fourth-order valence-electron chi connectivity index (χ4n) is 2.34. The standard InChI is InChI=1S/C12H16N2O.H2/c13-12(15)14-11-7-6-10(8-11)9-4-2-1-3-5-9;/h1-5,10-11H,6-8H2,(H3,13,14,15);1H/t10-,11+;/m1./s1. The lowest BCUT2D eigenvalue weighted by Crippen LogP contribution is -2.36. The minimum Gasteiger partial charge on any atom is -0.352 e. The SMILES string of the molecule is NC(=O)N[C@H]1CC[C@@H](c2ccccc2)C1.[HH]. The molecule has 3 heteroatoms. The number of hydrogen-bond acceptors (Lipinski definition) is 1. The van der Waals surface area contributed by atoms with Gasteiger partial charge in [-0.05, 0) is 30.7 Å². The molecule has 1 aromatic rings. The van der Waals surface area contributed by atoms with Crippen molar-refractivity contribution in [2.75, 3.05) is 0 Å². The van der Waals surface area contributed by atoms with Crippen LogP contribution < -0.4 is 11.1 Å². The number of carbonyl (C=O) groups excluding carboxylic acids is 1. The Bertz CT molecular complexity index is 342. The third kappa shape index (κ3) is 2.49. The van der Waals surface area contributed by atoms with E-state index in [1.54, 1.807) is 0 Å². The Hall–Kier alpha value is -1.51. The fraction of sp³-hybridized carbons (Fsp3) is 0.417. The summed E-state index contributed by atoms with van der Waals surface area (Å²) in [5.74, 6) is 0.572. The zero-order valence-corrected chi connectivity index (χ0v) is 8.65. The first-order chi connectivity index (χ1) is 7.25. The molecule has 1 aromatic carbocycles. The smallest absolute Gasteiger partial charge is 0.312 e. The van der Waals surface area contributed by atoms with Gasteiger partial charge in [-0.3, -0.25) is 0 Å². The van der Waals surface area contributed by atoms with Crippen LogP contribution in [0.2, 0.25) is 0 Å². The fourth-order valence-corrected chi connectivity index (χ4v) is 2.34. The Balaban J connectivity index is 0.00000128. The number of amides is 2. The number of rotatable bonds is 2. The van der Waals surface area contributed by atoms with Gasteiger partial charge in [0.1, 0.15) is 0 Å². The van der Waals surface area contributed by atoms with Crippen molar-refractivity contribution in [3.63, 3.8) is 0 Å². The summed E-state index contributed by atoms with van der Waals surface area (Å²) in [7, 11) is 0. The zero-order chi connectivity index (χ0) is 10.7. The van der Waals surface area contributed by atoms with Crippen LogP contribution in [-0.4, -0.2) is 12.1 Å². The molecule has 2 rings (SSSR count). The summed E-state index contributed by atoms with van der Waals surface area (Å²) in [5, 5.41) is 2.78. The summed E-state index contributed by atoms with van der Waals surface area (Å²) in [5.41, 5.74) is 6.47. The van der Waals surface area contributed by atoms with Gasteiger partial charge >= 0.3 is 6.03 Å². The van der Waals surface area contributed by atoms with Crippen LogP contribution in [0.3, 0.4) is 0 Å². The monoisotopic (exact) mass is 206 g/mol. The van der Waals surface area contributed by atoms with Crippen LogP contribution in [0.4, 0.5) is 4.79 Å². The van der Waals surface area contributed by atoms with E-state index < -0.39 is 6.03 Å². The van der Waals surface area contributed by atoms with Gasteiger partial charge in [0.05, 0.1) is 0 Å². The second-order valence-electron chi connectivity index (χ2n) is 4.13. The molecule has 1 aliphatic carbocycles. The molecule has 0 spiro atoms. The molecule has 1 aliphatic rings. The third-order valence-electron chi connectivity index (χ3n) is 3.05. The second-order valence-corrected chi connectivity index (χ2v) is 4.13. The van der Waals surface area contributed by atoms with Gasteiger partial charge in [-0.25, -0.2) is 4.79 Å². The highest BCUT2D eigenvalue weighted by molar-refractivity contribution is 5.72. The van der Waals surface area contributed by atoms with Crippen molar-refractivity contribution in [2.24, 2.45) is 5.73 Å². The van der Waals surface area contributed by atoms with Crippen molar-refractivity contribution < 1.29 is 6.22 Å². The molecule has 0 heterocycles. The van der Waals surface area contributed by atoms with E-state index in [1.165, 1.54) is 5.56 Å². The van der Waals surface area contributed by atoms with Gasteiger partial charge in [-0.15, -0.1) is 0 Å². The predicted molar refractivity (Wildman–Crippen MR) is 61.7 cm³/mol. The zero-order valence-electron chi connectivity index (χ0n) is 8.65. The van der Waals surface area contributed by atoms with Crippen LogP contribution >= 0.6 is 0 Å². The Labute approximate surface area is 91.2 Å². The number of nitrogens with one attached hydrogen (secondary N) is 1. The van der Waals surface area contributed by atoms with Gasteiger partial charge < -0.3 is 11.1 Å². The summed E-state index contributed by atoms with van der Waals surface area (Å²) in [6.07, 6.45) is 3.17. The van der Waals surface area contributed by atoms with E-state index >= 15 is 0 Å². The molecule has 15 heavy (non-hydrogen) atoms. The van der Waals surface area contributed by atoms with E-state index in [0.717, 1.165) is 19.3 Å². The number of primary amides is 1. The minimum atomic E-state index is -0.409. The van der Waals surface area contributed by atoms with Crippen molar-refractivity contribution in [3.05, 3.63) is 35.9 Å². The molecule has 3 nitrogen and oxygen atoms in total. The maximum absolute atomic E-state index is 10.7. The molecule has 3 N–H and O–H groups in total.